The molecular weight excluding hydrogens is 266 g/mol. The standard InChI is InChI=1S/C17H27NOS/c1-2-3-5-14-7-9-15(10-8-14)17(19)18-12-11-16-6-4-13-20-16/h4,6,13-15H,2-3,5,7-12H2,1H3,(H,18,19). The Morgan fingerprint density at radius 2 is 2.15 bits per heavy atom. The Labute approximate surface area is 127 Å². The monoisotopic (exact) mass is 293 g/mol. The first-order valence-electron chi connectivity index (χ1n) is 8.09. The molecule has 1 amide bonds. The second kappa shape index (κ2) is 8.46. The van der Waals surface area contributed by atoms with Crippen molar-refractivity contribution in [1.82, 2.24) is 5.32 Å². The van der Waals surface area contributed by atoms with E-state index in [9.17, 15) is 4.79 Å². The lowest BCUT2D eigenvalue weighted by Gasteiger charge is -2.27. The van der Waals surface area contributed by atoms with Crippen molar-refractivity contribution in [2.75, 3.05) is 6.54 Å². The van der Waals surface area contributed by atoms with Gasteiger partial charge in [-0.2, -0.15) is 0 Å². The van der Waals surface area contributed by atoms with Crippen LogP contribution in [0, 0.1) is 11.8 Å². The Kier molecular flexibility index (Phi) is 6.58. The van der Waals surface area contributed by atoms with E-state index >= 15 is 0 Å². The molecule has 1 fully saturated rings. The van der Waals surface area contributed by atoms with E-state index in [0.29, 0.717) is 0 Å². The van der Waals surface area contributed by atoms with Crippen molar-refractivity contribution in [2.45, 2.75) is 58.3 Å². The number of carbonyl (C=O) groups is 1. The van der Waals surface area contributed by atoms with Crippen molar-refractivity contribution in [3.63, 3.8) is 0 Å². The van der Waals surface area contributed by atoms with Crippen molar-refractivity contribution >= 4 is 17.2 Å². The lowest BCUT2D eigenvalue weighted by atomic mass is 9.79. The van der Waals surface area contributed by atoms with E-state index in [2.05, 4.69) is 29.8 Å². The van der Waals surface area contributed by atoms with Crippen molar-refractivity contribution in [3.8, 4) is 0 Å². The minimum Gasteiger partial charge on any atom is -0.356 e. The summed E-state index contributed by atoms with van der Waals surface area (Å²) in [5.74, 6) is 1.44. The summed E-state index contributed by atoms with van der Waals surface area (Å²) in [5, 5.41) is 5.21. The first-order chi connectivity index (χ1) is 9.79. The van der Waals surface area contributed by atoms with E-state index in [0.717, 1.165) is 31.7 Å². The highest BCUT2D eigenvalue weighted by molar-refractivity contribution is 7.09. The Hall–Kier alpha value is -0.830. The van der Waals surface area contributed by atoms with Gasteiger partial charge in [0.2, 0.25) is 5.91 Å². The molecule has 1 N–H and O–H groups in total. The van der Waals surface area contributed by atoms with Gasteiger partial charge >= 0.3 is 0 Å². The number of hydrogen-bond acceptors (Lipinski definition) is 2. The zero-order valence-electron chi connectivity index (χ0n) is 12.6. The molecule has 0 unspecified atom stereocenters. The summed E-state index contributed by atoms with van der Waals surface area (Å²) in [4.78, 5) is 13.5. The van der Waals surface area contributed by atoms with Crippen molar-refractivity contribution < 1.29 is 4.79 Å². The topological polar surface area (TPSA) is 29.1 Å². The third kappa shape index (κ3) is 4.93. The second-order valence-electron chi connectivity index (χ2n) is 5.98. The van der Waals surface area contributed by atoms with Gasteiger partial charge < -0.3 is 5.32 Å². The highest BCUT2D eigenvalue weighted by atomic mass is 32.1. The van der Waals surface area contributed by atoms with E-state index in [1.54, 1.807) is 11.3 Å². The molecule has 2 nitrogen and oxygen atoms in total. The number of amides is 1. The zero-order chi connectivity index (χ0) is 14.2. The van der Waals surface area contributed by atoms with Crippen LogP contribution in [0.25, 0.3) is 0 Å². The summed E-state index contributed by atoms with van der Waals surface area (Å²) in [6, 6.07) is 4.20. The first-order valence-corrected chi connectivity index (χ1v) is 8.97. The van der Waals surface area contributed by atoms with Gasteiger partial charge in [0, 0.05) is 17.3 Å². The third-order valence-electron chi connectivity index (χ3n) is 4.43. The molecular formula is C17H27NOS. The van der Waals surface area contributed by atoms with Crippen molar-refractivity contribution in [1.29, 1.82) is 0 Å². The molecule has 0 aromatic carbocycles. The molecule has 1 heterocycles. The number of unbranched alkanes of at least 4 members (excludes halogenated alkanes) is 1. The molecule has 0 spiro atoms. The molecule has 0 radical (unpaired) electrons. The number of carbonyl (C=O) groups excluding carboxylic acids is 1. The van der Waals surface area contributed by atoms with Crippen LogP contribution in [0.1, 0.15) is 56.7 Å². The van der Waals surface area contributed by atoms with Gasteiger partial charge in [-0.1, -0.05) is 32.3 Å². The van der Waals surface area contributed by atoms with Crippen LogP contribution in [0.2, 0.25) is 0 Å². The lowest BCUT2D eigenvalue weighted by molar-refractivity contribution is -0.126. The average molecular weight is 293 g/mol. The van der Waals surface area contributed by atoms with E-state index in [1.807, 2.05) is 0 Å². The van der Waals surface area contributed by atoms with Gasteiger partial charge in [-0.3, -0.25) is 4.79 Å². The minimum absolute atomic E-state index is 0.274. The molecule has 0 atom stereocenters. The smallest absolute Gasteiger partial charge is 0.223 e. The van der Waals surface area contributed by atoms with E-state index in [-0.39, 0.29) is 11.8 Å². The fourth-order valence-electron chi connectivity index (χ4n) is 3.11. The summed E-state index contributed by atoms with van der Waals surface area (Å²) in [6.07, 6.45) is 9.68. The maximum Gasteiger partial charge on any atom is 0.223 e. The Bertz CT molecular complexity index is 380. The number of thiophene rings is 1. The number of rotatable bonds is 7. The predicted molar refractivity (Wildman–Crippen MR) is 86.0 cm³/mol. The average Bonchev–Trinajstić information content (AvgIpc) is 2.99. The van der Waals surface area contributed by atoms with E-state index in [1.165, 1.54) is 37.0 Å². The Morgan fingerprint density at radius 1 is 1.35 bits per heavy atom. The second-order valence-corrected chi connectivity index (χ2v) is 7.01. The van der Waals surface area contributed by atoms with Crippen LogP contribution in [0.4, 0.5) is 0 Å². The molecule has 0 bridgehead atoms. The van der Waals surface area contributed by atoms with Gasteiger partial charge in [-0.25, -0.2) is 0 Å². The molecule has 1 aliphatic carbocycles. The molecule has 20 heavy (non-hydrogen) atoms. The molecule has 0 saturated heterocycles. The summed E-state index contributed by atoms with van der Waals surface area (Å²) in [7, 11) is 0. The van der Waals surface area contributed by atoms with Crippen molar-refractivity contribution in [3.05, 3.63) is 22.4 Å². The normalized spacial score (nSPS) is 22.6. The highest BCUT2D eigenvalue weighted by Gasteiger charge is 2.25. The molecule has 1 aliphatic rings. The Morgan fingerprint density at radius 3 is 2.80 bits per heavy atom. The van der Waals surface area contributed by atoms with Gasteiger partial charge in [-0.15, -0.1) is 11.3 Å². The molecule has 1 aromatic heterocycles. The van der Waals surface area contributed by atoms with E-state index in [4.69, 9.17) is 0 Å². The third-order valence-corrected chi connectivity index (χ3v) is 5.37. The Balaban J connectivity index is 1.61. The molecule has 0 aliphatic heterocycles. The maximum absolute atomic E-state index is 12.1. The minimum atomic E-state index is 0.274. The highest BCUT2D eigenvalue weighted by Crippen LogP contribution is 2.31. The van der Waals surface area contributed by atoms with Crippen LogP contribution < -0.4 is 5.32 Å². The van der Waals surface area contributed by atoms with Crippen molar-refractivity contribution in [2.24, 2.45) is 11.8 Å². The maximum atomic E-state index is 12.1. The molecule has 112 valence electrons. The zero-order valence-corrected chi connectivity index (χ0v) is 13.4. The van der Waals surface area contributed by atoms with Gasteiger partial charge in [0.15, 0.2) is 0 Å². The van der Waals surface area contributed by atoms with E-state index < -0.39 is 0 Å². The van der Waals surface area contributed by atoms with Crippen LogP contribution in [-0.2, 0) is 11.2 Å². The quantitative estimate of drug-likeness (QED) is 0.793. The largest absolute Gasteiger partial charge is 0.356 e. The van der Waals surface area contributed by atoms with Crippen LogP contribution in [0.3, 0.4) is 0 Å². The molecule has 3 heteroatoms. The van der Waals surface area contributed by atoms with Crippen LogP contribution >= 0.6 is 11.3 Å². The molecule has 1 saturated carbocycles. The lowest BCUT2D eigenvalue weighted by Crippen LogP contribution is -2.34. The fourth-order valence-corrected chi connectivity index (χ4v) is 3.82. The van der Waals surface area contributed by atoms with Crippen LogP contribution in [0.15, 0.2) is 17.5 Å². The van der Waals surface area contributed by atoms with Gasteiger partial charge in [-0.05, 0) is 49.5 Å². The molecule has 1 aromatic rings. The predicted octanol–water partition coefficient (Wildman–Crippen LogP) is 4.40. The summed E-state index contributed by atoms with van der Waals surface area (Å²) >= 11 is 1.77. The van der Waals surface area contributed by atoms with Gasteiger partial charge in [0.1, 0.15) is 0 Å². The SMILES string of the molecule is CCCCC1CCC(C(=O)NCCc2cccs2)CC1. The van der Waals surface area contributed by atoms with Crippen LogP contribution in [-0.4, -0.2) is 12.5 Å². The number of nitrogens with one attached hydrogen (secondary N) is 1. The number of hydrogen-bond donors (Lipinski definition) is 1. The van der Waals surface area contributed by atoms with Gasteiger partial charge in [0.25, 0.3) is 0 Å². The summed E-state index contributed by atoms with van der Waals surface area (Å²) in [5.41, 5.74) is 0. The summed E-state index contributed by atoms with van der Waals surface area (Å²) in [6.45, 7) is 3.04. The molecule has 2 rings (SSSR count). The first kappa shape index (κ1) is 15.6. The van der Waals surface area contributed by atoms with Gasteiger partial charge in [0.05, 0.1) is 0 Å². The summed E-state index contributed by atoms with van der Waals surface area (Å²) < 4.78 is 0. The van der Waals surface area contributed by atoms with Crippen LogP contribution in [0.5, 0.6) is 0 Å². The fraction of sp³-hybridized carbons (Fsp3) is 0.706.